The van der Waals surface area contributed by atoms with Crippen molar-refractivity contribution < 1.29 is 19.2 Å². The molecule has 178 valence electrons. The van der Waals surface area contributed by atoms with Crippen molar-refractivity contribution in [2.24, 2.45) is 5.92 Å². The molecule has 0 aliphatic carbocycles. The number of aromatic nitrogens is 1. The summed E-state index contributed by atoms with van der Waals surface area (Å²) in [5, 5.41) is 0. The summed E-state index contributed by atoms with van der Waals surface area (Å²) in [6, 6.07) is 11.1. The number of imide groups is 1. The molecule has 2 fully saturated rings. The Bertz CT molecular complexity index is 1100. The first-order valence-electron chi connectivity index (χ1n) is 12.0. The van der Waals surface area contributed by atoms with Crippen LogP contribution >= 0.6 is 0 Å². The molecule has 2 aliphatic rings. The number of rotatable bonds is 7. The number of aryl methyl sites for hydroxylation is 1. The van der Waals surface area contributed by atoms with Gasteiger partial charge in [0.25, 0.3) is 0 Å². The van der Waals surface area contributed by atoms with Crippen LogP contribution in [-0.2, 0) is 31.1 Å². The van der Waals surface area contributed by atoms with Crippen LogP contribution in [0.5, 0.6) is 0 Å². The maximum Gasteiger partial charge on any atom is 0.241 e. The number of Topliss-reactive ketones (excluding diaryl/α,β-unsaturated/α-hetero) is 1. The minimum absolute atomic E-state index is 0.0478. The van der Waals surface area contributed by atoms with Crippen molar-refractivity contribution in [3.63, 3.8) is 0 Å². The molecule has 0 saturated carbocycles. The molecule has 7 nitrogen and oxygen atoms in total. The van der Waals surface area contributed by atoms with Gasteiger partial charge in [-0.1, -0.05) is 37.3 Å². The molecule has 1 aromatic heterocycles. The zero-order valence-electron chi connectivity index (χ0n) is 19.8. The Morgan fingerprint density at radius 1 is 1.15 bits per heavy atom. The number of ketones is 1. The van der Waals surface area contributed by atoms with Gasteiger partial charge in [-0.25, -0.2) is 0 Å². The number of pyridine rings is 1. The van der Waals surface area contributed by atoms with Crippen LogP contribution in [0.3, 0.4) is 0 Å². The van der Waals surface area contributed by atoms with Gasteiger partial charge in [0, 0.05) is 50.7 Å². The van der Waals surface area contributed by atoms with Crippen molar-refractivity contribution in [2.45, 2.75) is 57.9 Å². The SMILES string of the molecule is CCC(=O)[C@H]1CCCN(C(=O)C[C@@]2(c3ccccc3C)CC(=O)N(Cc3cccnc3)C2=O)C1. The molecule has 0 radical (unpaired) electrons. The zero-order valence-corrected chi connectivity index (χ0v) is 19.8. The Morgan fingerprint density at radius 3 is 2.65 bits per heavy atom. The van der Waals surface area contributed by atoms with Gasteiger partial charge in [0.1, 0.15) is 5.78 Å². The Balaban J connectivity index is 1.65. The van der Waals surface area contributed by atoms with Crippen LogP contribution in [0.2, 0.25) is 0 Å². The van der Waals surface area contributed by atoms with Gasteiger partial charge in [-0.15, -0.1) is 0 Å². The number of likely N-dealkylation sites (tertiary alicyclic amines) is 2. The molecule has 2 saturated heterocycles. The molecule has 0 N–H and O–H groups in total. The molecule has 7 heteroatoms. The summed E-state index contributed by atoms with van der Waals surface area (Å²) in [6.45, 7) is 4.83. The normalized spacial score (nSPS) is 22.8. The van der Waals surface area contributed by atoms with Crippen molar-refractivity contribution in [2.75, 3.05) is 13.1 Å². The molecule has 2 aromatic rings. The highest BCUT2D eigenvalue weighted by molar-refractivity contribution is 6.10. The topological polar surface area (TPSA) is 87.7 Å². The lowest BCUT2D eigenvalue weighted by molar-refractivity contribution is -0.144. The van der Waals surface area contributed by atoms with Crippen LogP contribution < -0.4 is 0 Å². The molecule has 1 aromatic carbocycles. The average molecular weight is 462 g/mol. The summed E-state index contributed by atoms with van der Waals surface area (Å²) in [7, 11) is 0. The van der Waals surface area contributed by atoms with E-state index in [0.29, 0.717) is 25.1 Å². The van der Waals surface area contributed by atoms with Crippen LogP contribution in [0.25, 0.3) is 0 Å². The van der Waals surface area contributed by atoms with Crippen molar-refractivity contribution in [1.29, 1.82) is 0 Å². The molecule has 0 spiro atoms. The van der Waals surface area contributed by atoms with E-state index in [2.05, 4.69) is 4.98 Å². The second kappa shape index (κ2) is 9.87. The van der Waals surface area contributed by atoms with Crippen molar-refractivity contribution in [3.05, 3.63) is 65.5 Å². The summed E-state index contributed by atoms with van der Waals surface area (Å²) in [6.07, 6.45) is 5.15. The second-order valence-electron chi connectivity index (χ2n) is 9.40. The lowest BCUT2D eigenvalue weighted by atomic mass is 9.73. The standard InChI is InChI=1S/C27H31N3O4/c1-3-23(31)21-10-7-13-29(18-21)24(32)14-27(22-11-5-4-8-19(22)2)15-25(33)30(26(27)34)17-20-9-6-12-28-16-20/h4-6,8-9,11-12,16,21H,3,7,10,13-15,17-18H2,1-2H3/t21-,27-/m0/s1. The molecule has 3 amide bonds. The van der Waals surface area contributed by atoms with E-state index in [1.165, 1.54) is 4.90 Å². The van der Waals surface area contributed by atoms with Crippen LogP contribution in [0.4, 0.5) is 0 Å². The number of benzene rings is 1. The summed E-state index contributed by atoms with van der Waals surface area (Å²) in [5.74, 6) is -0.799. The average Bonchev–Trinajstić information content (AvgIpc) is 3.09. The monoisotopic (exact) mass is 461 g/mol. The smallest absolute Gasteiger partial charge is 0.241 e. The minimum Gasteiger partial charge on any atom is -0.342 e. The predicted molar refractivity (Wildman–Crippen MR) is 126 cm³/mol. The first kappa shape index (κ1) is 23.8. The third-order valence-corrected chi connectivity index (χ3v) is 7.16. The van der Waals surface area contributed by atoms with Crippen LogP contribution in [0.15, 0.2) is 48.8 Å². The Morgan fingerprint density at radius 2 is 1.94 bits per heavy atom. The second-order valence-corrected chi connectivity index (χ2v) is 9.40. The number of piperidine rings is 1. The van der Waals surface area contributed by atoms with Crippen LogP contribution in [0, 0.1) is 12.8 Å². The maximum absolute atomic E-state index is 13.9. The highest BCUT2D eigenvalue weighted by Crippen LogP contribution is 2.42. The Kier molecular flexibility index (Phi) is 6.91. The number of carbonyl (C=O) groups excluding carboxylic acids is 4. The van der Waals surface area contributed by atoms with E-state index in [0.717, 1.165) is 24.0 Å². The van der Waals surface area contributed by atoms with E-state index >= 15 is 0 Å². The molecule has 34 heavy (non-hydrogen) atoms. The summed E-state index contributed by atoms with van der Waals surface area (Å²) >= 11 is 0. The highest BCUT2D eigenvalue weighted by Gasteiger charge is 2.54. The van der Waals surface area contributed by atoms with Gasteiger partial charge in [-0.3, -0.25) is 29.1 Å². The molecule has 3 heterocycles. The van der Waals surface area contributed by atoms with E-state index in [1.807, 2.05) is 44.2 Å². The van der Waals surface area contributed by atoms with Gasteiger partial charge in [0.15, 0.2) is 0 Å². The fourth-order valence-corrected chi connectivity index (χ4v) is 5.31. The molecular weight excluding hydrogens is 430 g/mol. The van der Waals surface area contributed by atoms with E-state index < -0.39 is 5.41 Å². The van der Waals surface area contributed by atoms with Gasteiger partial charge in [0.05, 0.1) is 12.0 Å². The van der Waals surface area contributed by atoms with Gasteiger partial charge in [-0.2, -0.15) is 0 Å². The molecule has 2 atom stereocenters. The number of hydrogen-bond acceptors (Lipinski definition) is 5. The Hall–Kier alpha value is -3.35. The molecule has 2 aliphatic heterocycles. The lowest BCUT2D eigenvalue weighted by Crippen LogP contribution is -2.47. The zero-order chi connectivity index (χ0) is 24.3. The summed E-state index contributed by atoms with van der Waals surface area (Å²) in [5.41, 5.74) is 1.10. The number of nitrogens with zero attached hydrogens (tertiary/aromatic N) is 3. The number of hydrogen-bond donors (Lipinski definition) is 0. The lowest BCUT2D eigenvalue weighted by Gasteiger charge is -2.35. The van der Waals surface area contributed by atoms with Crippen molar-refractivity contribution >= 4 is 23.5 Å². The van der Waals surface area contributed by atoms with E-state index in [1.54, 1.807) is 23.4 Å². The molecule has 0 unspecified atom stereocenters. The van der Waals surface area contributed by atoms with Crippen molar-refractivity contribution in [1.82, 2.24) is 14.8 Å². The number of carbonyl (C=O) groups is 4. The fraction of sp³-hybridized carbons (Fsp3) is 0.444. The third kappa shape index (κ3) is 4.52. The quantitative estimate of drug-likeness (QED) is 0.591. The molecular formula is C27H31N3O4. The predicted octanol–water partition coefficient (Wildman–Crippen LogP) is 3.19. The highest BCUT2D eigenvalue weighted by atomic mass is 16.2. The summed E-state index contributed by atoms with van der Waals surface area (Å²) < 4.78 is 0. The maximum atomic E-state index is 13.9. The third-order valence-electron chi connectivity index (χ3n) is 7.16. The molecule has 4 rings (SSSR count). The van der Waals surface area contributed by atoms with Gasteiger partial charge in [0.2, 0.25) is 17.7 Å². The van der Waals surface area contributed by atoms with Gasteiger partial charge >= 0.3 is 0 Å². The van der Waals surface area contributed by atoms with Crippen LogP contribution in [0.1, 0.15) is 55.7 Å². The first-order chi connectivity index (χ1) is 16.4. The largest absolute Gasteiger partial charge is 0.342 e. The Labute approximate surface area is 200 Å². The first-order valence-corrected chi connectivity index (χ1v) is 12.0. The fourth-order valence-electron chi connectivity index (χ4n) is 5.31. The molecule has 0 bridgehead atoms. The van der Waals surface area contributed by atoms with Crippen molar-refractivity contribution in [3.8, 4) is 0 Å². The van der Waals surface area contributed by atoms with Gasteiger partial charge < -0.3 is 4.90 Å². The van der Waals surface area contributed by atoms with Crippen LogP contribution in [-0.4, -0.2) is 51.4 Å². The summed E-state index contributed by atoms with van der Waals surface area (Å²) in [4.78, 5) is 59.9. The van der Waals surface area contributed by atoms with E-state index in [-0.39, 0.29) is 48.8 Å². The van der Waals surface area contributed by atoms with Gasteiger partial charge in [-0.05, 0) is 42.5 Å². The number of amides is 3. The van der Waals surface area contributed by atoms with E-state index in [9.17, 15) is 19.2 Å². The van der Waals surface area contributed by atoms with E-state index in [4.69, 9.17) is 0 Å². The minimum atomic E-state index is -1.25.